The number of nitriles is 1. The molecular weight excluding hydrogens is 442 g/mol. The number of aromatic nitrogens is 4. The number of halogens is 2. The number of nitrogens with zero attached hydrogens (tertiary/aromatic N) is 5. The minimum Gasteiger partial charge on any atom is -0.481 e. The quantitative estimate of drug-likeness (QED) is 0.546. The number of hydrogen-bond donors (Lipinski definition) is 1. The fraction of sp³-hybridized carbons (Fsp3) is 0.400. The van der Waals surface area contributed by atoms with E-state index < -0.39 is 29.4 Å². The van der Waals surface area contributed by atoms with Crippen molar-refractivity contribution in [2.24, 2.45) is 0 Å². The summed E-state index contributed by atoms with van der Waals surface area (Å²) in [5.74, 6) is 0.548. The summed E-state index contributed by atoms with van der Waals surface area (Å²) < 4.78 is 59.3. The zero-order valence-corrected chi connectivity index (χ0v) is 17.9. The van der Waals surface area contributed by atoms with E-state index in [2.05, 4.69) is 21.0 Å². The first kappa shape index (κ1) is 22.0. The summed E-state index contributed by atoms with van der Waals surface area (Å²) in [6, 6.07) is 4.21. The van der Waals surface area contributed by atoms with E-state index in [1.807, 2.05) is 9.29 Å². The molecule has 3 aromatic rings. The van der Waals surface area contributed by atoms with Crippen molar-refractivity contribution in [2.75, 3.05) is 20.5 Å². The van der Waals surface area contributed by atoms with Crippen molar-refractivity contribution in [3.8, 4) is 23.5 Å². The number of pyridine rings is 1. The average molecular weight is 462 g/mol. The van der Waals surface area contributed by atoms with Gasteiger partial charge < -0.3 is 9.30 Å². The van der Waals surface area contributed by atoms with Crippen LogP contribution in [-0.4, -0.2) is 54.4 Å². The molecule has 0 atom stereocenters. The van der Waals surface area contributed by atoms with Crippen LogP contribution in [0.2, 0.25) is 0 Å². The molecule has 1 aliphatic rings. The van der Waals surface area contributed by atoms with E-state index in [4.69, 9.17) is 4.74 Å². The molecule has 0 aromatic carbocycles. The number of rotatable bonds is 8. The molecule has 3 heterocycles. The van der Waals surface area contributed by atoms with Gasteiger partial charge in [-0.1, -0.05) is 0 Å². The molecule has 0 radical (unpaired) electrons. The molecule has 3 aromatic heterocycles. The minimum absolute atomic E-state index is 0.0951. The van der Waals surface area contributed by atoms with Gasteiger partial charge in [-0.15, -0.1) is 0 Å². The predicted octanol–water partition coefficient (Wildman–Crippen LogP) is 2.68. The van der Waals surface area contributed by atoms with Gasteiger partial charge >= 0.3 is 0 Å². The van der Waals surface area contributed by atoms with E-state index in [1.54, 1.807) is 12.1 Å². The molecule has 1 aliphatic carbocycles. The van der Waals surface area contributed by atoms with Crippen molar-refractivity contribution in [3.05, 3.63) is 30.1 Å². The second-order valence-corrected chi connectivity index (χ2v) is 9.10. The van der Waals surface area contributed by atoms with Crippen LogP contribution in [0, 0.1) is 11.3 Å². The molecule has 0 saturated heterocycles. The predicted molar refractivity (Wildman–Crippen MR) is 111 cm³/mol. The Labute approximate surface area is 183 Å². The third kappa shape index (κ3) is 3.78. The molecule has 0 bridgehead atoms. The summed E-state index contributed by atoms with van der Waals surface area (Å²) in [6.07, 6.45) is 4.92. The van der Waals surface area contributed by atoms with Gasteiger partial charge in [0, 0.05) is 17.5 Å². The fourth-order valence-electron chi connectivity index (χ4n) is 3.58. The second-order valence-electron chi connectivity index (χ2n) is 7.38. The maximum atomic E-state index is 12.7. The molecule has 32 heavy (non-hydrogen) atoms. The normalized spacial score (nSPS) is 14.5. The first-order chi connectivity index (χ1) is 15.4. The van der Waals surface area contributed by atoms with Crippen molar-refractivity contribution in [1.82, 2.24) is 24.2 Å². The van der Waals surface area contributed by atoms with Gasteiger partial charge in [0.15, 0.2) is 5.82 Å². The van der Waals surface area contributed by atoms with E-state index in [1.165, 1.54) is 7.11 Å². The van der Waals surface area contributed by atoms with Crippen molar-refractivity contribution in [2.45, 2.75) is 36.2 Å². The maximum Gasteiger partial charge on any atom is 0.244 e. The van der Waals surface area contributed by atoms with Crippen molar-refractivity contribution in [3.63, 3.8) is 0 Å². The van der Waals surface area contributed by atoms with Gasteiger partial charge in [-0.25, -0.2) is 31.9 Å². The van der Waals surface area contributed by atoms with Crippen LogP contribution in [-0.2, 0) is 10.0 Å². The third-order valence-electron chi connectivity index (χ3n) is 5.43. The third-order valence-corrected chi connectivity index (χ3v) is 6.91. The lowest BCUT2D eigenvalue weighted by Crippen LogP contribution is -2.38. The zero-order valence-electron chi connectivity index (χ0n) is 17.1. The smallest absolute Gasteiger partial charge is 0.244 e. The molecule has 0 amide bonds. The molecular formula is C20H20F2N6O3S. The summed E-state index contributed by atoms with van der Waals surface area (Å²) in [6.45, 7) is -2.36. The lowest BCUT2D eigenvalue weighted by atomic mass is 9.92. The molecule has 0 unspecified atom stereocenters. The molecule has 0 spiro atoms. The second kappa shape index (κ2) is 8.76. The molecule has 1 fully saturated rings. The van der Waals surface area contributed by atoms with Crippen LogP contribution in [0.5, 0.6) is 5.88 Å². The molecule has 12 heteroatoms. The van der Waals surface area contributed by atoms with Crippen molar-refractivity contribution >= 4 is 21.1 Å². The van der Waals surface area contributed by atoms with Crippen LogP contribution in [0.4, 0.5) is 8.78 Å². The molecule has 0 aliphatic heterocycles. The van der Waals surface area contributed by atoms with Gasteiger partial charge in [0.05, 0.1) is 31.1 Å². The number of alkyl halides is 2. The topological polar surface area (TPSA) is 123 Å². The Morgan fingerprint density at radius 1 is 1.28 bits per heavy atom. The minimum atomic E-state index is -4.21. The summed E-state index contributed by atoms with van der Waals surface area (Å²) in [5.41, 5.74) is 1.33. The summed E-state index contributed by atoms with van der Waals surface area (Å²) >= 11 is 0. The Hall–Kier alpha value is -3.17. The first-order valence-electron chi connectivity index (χ1n) is 9.89. The van der Waals surface area contributed by atoms with Crippen LogP contribution >= 0.6 is 0 Å². The molecule has 1 saturated carbocycles. The number of sulfonamides is 1. The summed E-state index contributed by atoms with van der Waals surface area (Å²) in [4.78, 5) is 12.5. The van der Waals surface area contributed by atoms with Gasteiger partial charge in [0.25, 0.3) is 0 Å². The van der Waals surface area contributed by atoms with E-state index in [0.717, 1.165) is 31.7 Å². The summed E-state index contributed by atoms with van der Waals surface area (Å²) in [5, 5.41) is 10.5. The monoisotopic (exact) mass is 462 g/mol. The zero-order chi connectivity index (χ0) is 22.9. The molecule has 9 nitrogen and oxygen atoms in total. The van der Waals surface area contributed by atoms with Crippen LogP contribution in [0.3, 0.4) is 0 Å². The van der Waals surface area contributed by atoms with Crippen LogP contribution in [0.25, 0.3) is 22.6 Å². The van der Waals surface area contributed by atoms with Crippen molar-refractivity contribution in [1.29, 1.82) is 5.26 Å². The average Bonchev–Trinajstić information content (AvgIpc) is 3.09. The standard InChI is InChI=1S/C20H20F2N6O3S/c1-31-17-6-5-15-16(9-23)18(28(20(15)26-17)13-3-2-4-13)19-24-10-14(11-25-19)32(29,30)27-12(7-21)8-22/h5-6,10-13,27H,2-4,7-8H2,1H3. The fourth-order valence-corrected chi connectivity index (χ4v) is 4.66. The number of fused-ring (bicyclic) bond motifs is 1. The Kier molecular flexibility index (Phi) is 6.03. The highest BCUT2D eigenvalue weighted by molar-refractivity contribution is 7.89. The number of nitrogens with one attached hydrogen (secondary N) is 1. The van der Waals surface area contributed by atoms with Gasteiger partial charge in [-0.2, -0.15) is 10.2 Å². The molecule has 4 rings (SSSR count). The van der Waals surface area contributed by atoms with Gasteiger partial charge in [0.2, 0.25) is 15.9 Å². The van der Waals surface area contributed by atoms with E-state index >= 15 is 0 Å². The lowest BCUT2D eigenvalue weighted by Gasteiger charge is -2.29. The van der Waals surface area contributed by atoms with E-state index in [-0.39, 0.29) is 16.8 Å². The highest BCUT2D eigenvalue weighted by atomic mass is 32.2. The largest absolute Gasteiger partial charge is 0.481 e. The van der Waals surface area contributed by atoms with E-state index in [0.29, 0.717) is 28.2 Å². The first-order valence-corrected chi connectivity index (χ1v) is 11.4. The summed E-state index contributed by atoms with van der Waals surface area (Å²) in [7, 11) is -2.70. The van der Waals surface area contributed by atoms with Crippen LogP contribution in [0.1, 0.15) is 30.9 Å². The Morgan fingerprint density at radius 2 is 1.97 bits per heavy atom. The Morgan fingerprint density at radius 3 is 2.50 bits per heavy atom. The van der Waals surface area contributed by atoms with Crippen LogP contribution in [0.15, 0.2) is 29.4 Å². The Bertz CT molecular complexity index is 1280. The molecule has 168 valence electrons. The van der Waals surface area contributed by atoms with Gasteiger partial charge in [-0.05, 0) is 25.3 Å². The highest BCUT2D eigenvalue weighted by Crippen LogP contribution is 2.41. The van der Waals surface area contributed by atoms with Gasteiger partial charge in [-0.3, -0.25) is 0 Å². The lowest BCUT2D eigenvalue weighted by molar-refractivity contribution is 0.321. The molecule has 1 N–H and O–H groups in total. The van der Waals surface area contributed by atoms with Gasteiger partial charge in [0.1, 0.15) is 35.7 Å². The SMILES string of the molecule is COc1ccc2c(C#N)c(-c3ncc(S(=O)(=O)NC(CF)CF)cn3)n(C3CCC3)c2n1. The number of hydrogen-bond acceptors (Lipinski definition) is 7. The highest BCUT2D eigenvalue weighted by Gasteiger charge is 2.30. The van der Waals surface area contributed by atoms with Crippen LogP contribution < -0.4 is 9.46 Å². The van der Waals surface area contributed by atoms with E-state index in [9.17, 15) is 22.5 Å². The van der Waals surface area contributed by atoms with Crippen molar-refractivity contribution < 1.29 is 21.9 Å². The number of ether oxygens (including phenoxy) is 1. The number of methoxy groups -OCH3 is 1. The Balaban J connectivity index is 1.82. The maximum absolute atomic E-state index is 12.7.